The lowest BCUT2D eigenvalue weighted by molar-refractivity contribution is -0.128. The predicted octanol–water partition coefficient (Wildman–Crippen LogP) is 1.53. The Balaban J connectivity index is 2.22. The molecule has 1 aromatic rings. The molecule has 2 nitrogen and oxygen atoms in total. The third-order valence-electron chi connectivity index (χ3n) is 2.07. The first-order valence-electron chi connectivity index (χ1n) is 3.91. The highest BCUT2D eigenvalue weighted by Gasteiger charge is 2.27. The zero-order valence-corrected chi connectivity index (χ0v) is 6.68. The van der Waals surface area contributed by atoms with Crippen molar-refractivity contribution >= 4 is 5.91 Å². The van der Waals surface area contributed by atoms with Gasteiger partial charge in [-0.1, -0.05) is 6.07 Å². The number of rotatable bonds is 1. The van der Waals surface area contributed by atoms with E-state index >= 15 is 0 Å². The van der Waals surface area contributed by atoms with Gasteiger partial charge in [0.15, 0.2) is 11.6 Å². The Kier molecular flexibility index (Phi) is 1.76. The lowest BCUT2D eigenvalue weighted by Gasteiger charge is -2.27. The molecule has 1 aliphatic rings. The Hall–Kier alpha value is -1.45. The first-order valence-corrected chi connectivity index (χ1v) is 3.91. The van der Waals surface area contributed by atoms with Gasteiger partial charge in [-0.05, 0) is 17.7 Å². The van der Waals surface area contributed by atoms with Crippen LogP contribution in [0.2, 0.25) is 0 Å². The lowest BCUT2D eigenvalue weighted by atomic mass is 9.97. The number of carbonyl (C=O) groups is 1. The molecule has 1 unspecified atom stereocenters. The molecular formula is C9H7F2NO. The second-order valence-corrected chi connectivity index (χ2v) is 3.00. The minimum Gasteiger partial charge on any atom is -0.349 e. The molecule has 0 spiro atoms. The van der Waals surface area contributed by atoms with Crippen molar-refractivity contribution in [2.24, 2.45) is 0 Å². The fourth-order valence-corrected chi connectivity index (χ4v) is 1.29. The molecule has 1 aliphatic heterocycles. The molecule has 2 rings (SSSR count). The van der Waals surface area contributed by atoms with Crippen molar-refractivity contribution in [3.63, 3.8) is 0 Å². The molecule has 0 bridgehead atoms. The van der Waals surface area contributed by atoms with E-state index < -0.39 is 11.6 Å². The van der Waals surface area contributed by atoms with Gasteiger partial charge in [-0.15, -0.1) is 0 Å². The van der Waals surface area contributed by atoms with Crippen molar-refractivity contribution in [1.29, 1.82) is 0 Å². The van der Waals surface area contributed by atoms with Gasteiger partial charge in [0.2, 0.25) is 5.91 Å². The number of hydrogen-bond acceptors (Lipinski definition) is 1. The summed E-state index contributed by atoms with van der Waals surface area (Å²) in [7, 11) is 0. The van der Waals surface area contributed by atoms with Crippen molar-refractivity contribution in [3.8, 4) is 0 Å². The maximum Gasteiger partial charge on any atom is 0.222 e. The number of amides is 1. The highest BCUT2D eigenvalue weighted by molar-refractivity contribution is 5.83. The number of halogens is 2. The molecule has 1 N–H and O–H groups in total. The summed E-state index contributed by atoms with van der Waals surface area (Å²) in [5.41, 5.74) is 0.610. The molecule has 0 radical (unpaired) electrons. The lowest BCUT2D eigenvalue weighted by Crippen LogP contribution is -2.41. The second-order valence-electron chi connectivity index (χ2n) is 3.00. The van der Waals surface area contributed by atoms with Crippen LogP contribution in [0.4, 0.5) is 8.78 Å². The Morgan fingerprint density at radius 1 is 1.31 bits per heavy atom. The number of β-lactam (4-membered cyclic amide) rings is 1. The van der Waals surface area contributed by atoms with Crippen molar-refractivity contribution in [3.05, 3.63) is 35.4 Å². The first-order chi connectivity index (χ1) is 6.16. The van der Waals surface area contributed by atoms with E-state index in [2.05, 4.69) is 5.32 Å². The van der Waals surface area contributed by atoms with E-state index in [1.165, 1.54) is 6.07 Å². The summed E-state index contributed by atoms with van der Waals surface area (Å²) < 4.78 is 25.2. The predicted molar refractivity (Wildman–Crippen MR) is 41.9 cm³/mol. The Labute approximate surface area is 73.6 Å². The number of nitrogens with one attached hydrogen (secondary N) is 1. The Morgan fingerprint density at radius 3 is 2.54 bits per heavy atom. The highest BCUT2D eigenvalue weighted by Crippen LogP contribution is 2.24. The minimum absolute atomic E-state index is 0.0604. The first kappa shape index (κ1) is 8.16. The van der Waals surface area contributed by atoms with Gasteiger partial charge in [0, 0.05) is 0 Å². The summed E-state index contributed by atoms with van der Waals surface area (Å²) in [6.07, 6.45) is 0.352. The maximum atomic E-state index is 12.7. The topological polar surface area (TPSA) is 29.1 Å². The fourth-order valence-electron chi connectivity index (χ4n) is 1.29. The van der Waals surface area contributed by atoms with Crippen LogP contribution in [0.3, 0.4) is 0 Å². The van der Waals surface area contributed by atoms with Gasteiger partial charge >= 0.3 is 0 Å². The fraction of sp³-hybridized carbons (Fsp3) is 0.222. The van der Waals surface area contributed by atoms with Crippen LogP contribution in [0.25, 0.3) is 0 Å². The van der Waals surface area contributed by atoms with Crippen molar-refractivity contribution in [2.45, 2.75) is 12.5 Å². The molecule has 13 heavy (non-hydrogen) atoms. The maximum absolute atomic E-state index is 12.7. The van der Waals surface area contributed by atoms with Gasteiger partial charge in [-0.2, -0.15) is 0 Å². The van der Waals surface area contributed by atoms with Crippen LogP contribution in [0, 0.1) is 11.6 Å². The van der Waals surface area contributed by atoms with Crippen LogP contribution in [0.15, 0.2) is 18.2 Å². The van der Waals surface area contributed by atoms with Crippen molar-refractivity contribution in [2.75, 3.05) is 0 Å². The van der Waals surface area contributed by atoms with E-state index in [0.29, 0.717) is 12.0 Å². The summed E-state index contributed by atoms with van der Waals surface area (Å²) in [6.45, 7) is 0. The van der Waals surface area contributed by atoms with Gasteiger partial charge in [-0.25, -0.2) is 8.78 Å². The van der Waals surface area contributed by atoms with Crippen LogP contribution in [0.5, 0.6) is 0 Å². The third kappa shape index (κ3) is 1.39. The van der Waals surface area contributed by atoms with E-state index in [9.17, 15) is 13.6 Å². The SMILES string of the molecule is O=C1CC(c2ccc(F)c(F)c2)N1. The summed E-state index contributed by atoms with van der Waals surface area (Å²) >= 11 is 0. The quantitative estimate of drug-likeness (QED) is 0.657. The van der Waals surface area contributed by atoms with E-state index in [4.69, 9.17) is 0 Å². The average Bonchev–Trinajstić information content (AvgIpc) is 2.05. The van der Waals surface area contributed by atoms with Crippen LogP contribution in [-0.4, -0.2) is 5.91 Å². The molecule has 0 saturated carbocycles. The van der Waals surface area contributed by atoms with Crippen LogP contribution in [-0.2, 0) is 4.79 Å². The van der Waals surface area contributed by atoms with Crippen molar-refractivity contribution < 1.29 is 13.6 Å². The molecule has 1 fully saturated rings. The Morgan fingerprint density at radius 2 is 2.00 bits per heavy atom. The van der Waals surface area contributed by atoms with Gasteiger partial charge in [0.25, 0.3) is 0 Å². The summed E-state index contributed by atoms with van der Waals surface area (Å²) in [5, 5.41) is 2.58. The Bertz CT molecular complexity index is 357. The van der Waals surface area contributed by atoms with Gasteiger partial charge in [-0.3, -0.25) is 4.79 Å². The van der Waals surface area contributed by atoms with Gasteiger partial charge < -0.3 is 5.32 Å². The van der Waals surface area contributed by atoms with Crippen molar-refractivity contribution in [1.82, 2.24) is 5.32 Å². The molecule has 1 amide bonds. The molecule has 68 valence electrons. The molecule has 1 heterocycles. The monoisotopic (exact) mass is 183 g/mol. The average molecular weight is 183 g/mol. The van der Waals surface area contributed by atoms with E-state index in [1.54, 1.807) is 0 Å². The number of hydrogen-bond donors (Lipinski definition) is 1. The number of benzene rings is 1. The molecule has 1 atom stereocenters. The van der Waals surface area contributed by atoms with Gasteiger partial charge in [0.05, 0.1) is 12.5 Å². The molecule has 0 aliphatic carbocycles. The largest absolute Gasteiger partial charge is 0.349 e. The van der Waals surface area contributed by atoms with E-state index in [1.807, 2.05) is 0 Å². The molecule has 0 aromatic heterocycles. The van der Waals surface area contributed by atoms with Gasteiger partial charge in [0.1, 0.15) is 0 Å². The van der Waals surface area contributed by atoms with Crippen LogP contribution >= 0.6 is 0 Å². The van der Waals surface area contributed by atoms with Crippen LogP contribution in [0.1, 0.15) is 18.0 Å². The summed E-state index contributed by atoms with van der Waals surface area (Å²) in [6, 6.07) is 3.50. The molecule has 4 heteroatoms. The minimum atomic E-state index is -0.876. The summed E-state index contributed by atoms with van der Waals surface area (Å²) in [4.78, 5) is 10.6. The smallest absolute Gasteiger partial charge is 0.222 e. The zero-order chi connectivity index (χ0) is 9.42. The third-order valence-corrected chi connectivity index (χ3v) is 2.07. The summed E-state index contributed by atoms with van der Waals surface area (Å²) in [5.74, 6) is -1.80. The number of carbonyl (C=O) groups excluding carboxylic acids is 1. The van der Waals surface area contributed by atoms with Crippen LogP contribution < -0.4 is 5.32 Å². The molecular weight excluding hydrogens is 176 g/mol. The standard InChI is InChI=1S/C9H7F2NO/c10-6-2-1-5(3-7(6)11)8-4-9(13)12-8/h1-3,8H,4H2,(H,12,13). The van der Waals surface area contributed by atoms with E-state index in [-0.39, 0.29) is 11.9 Å². The van der Waals surface area contributed by atoms with E-state index in [0.717, 1.165) is 12.1 Å². The second kappa shape index (κ2) is 2.80. The normalized spacial score (nSPS) is 20.8. The molecule has 1 aromatic carbocycles. The highest BCUT2D eigenvalue weighted by atomic mass is 19.2. The molecule has 1 saturated heterocycles. The zero-order valence-electron chi connectivity index (χ0n) is 6.68.